The number of benzene rings is 1. The Labute approximate surface area is 153 Å². The molecular weight excluding hydrogens is 338 g/mol. The molecule has 0 aliphatic carbocycles. The predicted octanol–water partition coefficient (Wildman–Crippen LogP) is 3.87. The van der Waals surface area contributed by atoms with E-state index < -0.39 is 0 Å². The maximum absolute atomic E-state index is 11.2. The van der Waals surface area contributed by atoms with Gasteiger partial charge in [-0.2, -0.15) is 0 Å². The molecule has 25 heavy (non-hydrogen) atoms. The fourth-order valence-electron chi connectivity index (χ4n) is 3.15. The van der Waals surface area contributed by atoms with Crippen LogP contribution in [0.1, 0.15) is 38.2 Å². The van der Waals surface area contributed by atoms with E-state index in [9.17, 15) is 4.79 Å². The number of Topliss-reactive ketones (excluding diaryl/α,β-unsaturated/α-hetero) is 1. The summed E-state index contributed by atoms with van der Waals surface area (Å²) in [5.74, 6) is 2.13. The number of nitrogens with zero attached hydrogens (tertiary/aromatic N) is 3. The molecule has 1 aliphatic heterocycles. The molecule has 1 fully saturated rings. The average Bonchev–Trinajstić information content (AvgIpc) is 3.03. The van der Waals surface area contributed by atoms with Crippen molar-refractivity contribution in [3.05, 3.63) is 47.4 Å². The van der Waals surface area contributed by atoms with Crippen molar-refractivity contribution in [1.82, 2.24) is 9.97 Å². The summed E-state index contributed by atoms with van der Waals surface area (Å²) in [4.78, 5) is 21.6. The molecule has 0 amide bonds. The second-order valence-corrected chi connectivity index (χ2v) is 6.87. The van der Waals surface area contributed by atoms with E-state index in [0.717, 1.165) is 36.6 Å². The first kappa shape index (κ1) is 17.7. The van der Waals surface area contributed by atoms with Crippen LogP contribution in [0.25, 0.3) is 0 Å². The molecule has 6 heteroatoms. The fraction of sp³-hybridized carbons (Fsp3) is 0.421. The number of anilines is 1. The van der Waals surface area contributed by atoms with Gasteiger partial charge in [0.1, 0.15) is 23.5 Å². The number of halogens is 1. The second kappa shape index (κ2) is 7.83. The summed E-state index contributed by atoms with van der Waals surface area (Å²) in [6.45, 7) is 5.35. The fourth-order valence-corrected chi connectivity index (χ4v) is 3.29. The Balaban J connectivity index is 1.57. The zero-order chi connectivity index (χ0) is 17.8. The molecule has 0 unspecified atom stereocenters. The standard InChI is InChI=1S/C19H22ClN3O2/c1-13(11-14(2)24)15-3-5-16(6-4-15)25-17-8-10-23(12-17)18-7-9-21-19(20)22-18/h3-7,9,13,17H,8,10-12H2,1-2H3/t13-,17-/m1/s1. The van der Waals surface area contributed by atoms with Crippen LogP contribution in [0, 0.1) is 0 Å². The number of carbonyl (C=O) groups is 1. The minimum Gasteiger partial charge on any atom is -0.489 e. The molecule has 0 radical (unpaired) electrons. The first-order valence-corrected chi connectivity index (χ1v) is 8.88. The third-order valence-corrected chi connectivity index (χ3v) is 4.61. The van der Waals surface area contributed by atoms with E-state index >= 15 is 0 Å². The number of carbonyl (C=O) groups excluding carboxylic acids is 1. The zero-order valence-electron chi connectivity index (χ0n) is 14.5. The van der Waals surface area contributed by atoms with Crippen molar-refractivity contribution >= 4 is 23.2 Å². The van der Waals surface area contributed by atoms with Crippen LogP contribution >= 0.6 is 11.6 Å². The molecule has 0 bridgehead atoms. The summed E-state index contributed by atoms with van der Waals surface area (Å²) in [6, 6.07) is 9.91. The molecule has 1 aliphatic rings. The van der Waals surface area contributed by atoms with E-state index in [2.05, 4.69) is 21.8 Å². The minimum atomic E-state index is 0.120. The van der Waals surface area contributed by atoms with Gasteiger partial charge in [-0.3, -0.25) is 0 Å². The number of hydrogen-bond acceptors (Lipinski definition) is 5. The second-order valence-electron chi connectivity index (χ2n) is 6.53. The third-order valence-electron chi connectivity index (χ3n) is 4.43. The van der Waals surface area contributed by atoms with Gasteiger partial charge in [0.2, 0.25) is 5.28 Å². The van der Waals surface area contributed by atoms with Crippen molar-refractivity contribution < 1.29 is 9.53 Å². The molecule has 0 saturated carbocycles. The molecule has 0 spiro atoms. The maximum Gasteiger partial charge on any atom is 0.224 e. The quantitative estimate of drug-likeness (QED) is 0.733. The lowest BCUT2D eigenvalue weighted by molar-refractivity contribution is -0.117. The van der Waals surface area contributed by atoms with E-state index in [1.54, 1.807) is 13.1 Å². The highest BCUT2D eigenvalue weighted by Crippen LogP contribution is 2.25. The molecule has 132 valence electrons. The largest absolute Gasteiger partial charge is 0.489 e. The van der Waals surface area contributed by atoms with Crippen molar-refractivity contribution in [2.45, 2.75) is 38.7 Å². The highest BCUT2D eigenvalue weighted by Gasteiger charge is 2.25. The summed E-state index contributed by atoms with van der Waals surface area (Å²) >= 11 is 5.86. The number of hydrogen-bond donors (Lipinski definition) is 0. The van der Waals surface area contributed by atoms with E-state index in [-0.39, 0.29) is 23.1 Å². The predicted molar refractivity (Wildman–Crippen MR) is 98.4 cm³/mol. The monoisotopic (exact) mass is 359 g/mol. The van der Waals surface area contributed by atoms with Gasteiger partial charge in [-0.1, -0.05) is 19.1 Å². The lowest BCUT2D eigenvalue weighted by Crippen LogP contribution is -2.25. The Morgan fingerprint density at radius 1 is 1.36 bits per heavy atom. The molecule has 3 rings (SSSR count). The first-order valence-electron chi connectivity index (χ1n) is 8.51. The van der Waals surface area contributed by atoms with Gasteiger partial charge in [-0.25, -0.2) is 9.97 Å². The van der Waals surface area contributed by atoms with Crippen LogP contribution in [0.3, 0.4) is 0 Å². The van der Waals surface area contributed by atoms with Gasteiger partial charge >= 0.3 is 0 Å². The molecule has 1 aromatic heterocycles. The number of ketones is 1. The Morgan fingerprint density at radius 3 is 2.80 bits per heavy atom. The van der Waals surface area contributed by atoms with Gasteiger partial charge in [0, 0.05) is 25.6 Å². The van der Waals surface area contributed by atoms with Gasteiger partial charge in [0.05, 0.1) is 6.54 Å². The van der Waals surface area contributed by atoms with E-state index in [0.29, 0.717) is 6.42 Å². The topological polar surface area (TPSA) is 55.3 Å². The van der Waals surface area contributed by atoms with Gasteiger partial charge in [0.15, 0.2) is 0 Å². The lowest BCUT2D eigenvalue weighted by atomic mass is 9.96. The summed E-state index contributed by atoms with van der Waals surface area (Å²) < 4.78 is 6.09. The molecular formula is C19H22ClN3O2. The van der Waals surface area contributed by atoms with Crippen molar-refractivity contribution in [3.8, 4) is 5.75 Å². The highest BCUT2D eigenvalue weighted by atomic mass is 35.5. The Kier molecular flexibility index (Phi) is 5.53. The molecule has 2 aromatic rings. The third kappa shape index (κ3) is 4.69. The SMILES string of the molecule is CC(=O)C[C@@H](C)c1ccc(O[C@@H]2CCN(c3ccnc(Cl)n3)C2)cc1. The van der Waals surface area contributed by atoms with Gasteiger partial charge < -0.3 is 14.4 Å². The van der Waals surface area contributed by atoms with Crippen LogP contribution in [0.4, 0.5) is 5.82 Å². The molecule has 0 N–H and O–H groups in total. The van der Waals surface area contributed by atoms with Crippen molar-refractivity contribution in [2.24, 2.45) is 0 Å². The molecule has 2 atom stereocenters. The lowest BCUT2D eigenvalue weighted by Gasteiger charge is -2.18. The van der Waals surface area contributed by atoms with Crippen molar-refractivity contribution in [2.75, 3.05) is 18.0 Å². The summed E-state index contributed by atoms with van der Waals surface area (Å²) in [7, 11) is 0. The van der Waals surface area contributed by atoms with Crippen LogP contribution in [0.2, 0.25) is 5.28 Å². The van der Waals surface area contributed by atoms with Crippen LogP contribution < -0.4 is 9.64 Å². The average molecular weight is 360 g/mol. The number of aromatic nitrogens is 2. The Hall–Kier alpha value is -2.14. The first-order chi connectivity index (χ1) is 12.0. The van der Waals surface area contributed by atoms with Gasteiger partial charge in [0.25, 0.3) is 0 Å². The summed E-state index contributed by atoms with van der Waals surface area (Å²) in [5.41, 5.74) is 1.16. The maximum atomic E-state index is 11.2. The van der Waals surface area contributed by atoms with Crippen LogP contribution in [0.5, 0.6) is 5.75 Å². The highest BCUT2D eigenvalue weighted by molar-refractivity contribution is 6.28. The molecule has 2 heterocycles. The molecule has 1 aromatic carbocycles. The Bertz CT molecular complexity index is 736. The summed E-state index contributed by atoms with van der Waals surface area (Å²) in [6.07, 6.45) is 3.29. The smallest absolute Gasteiger partial charge is 0.224 e. The molecule has 5 nitrogen and oxygen atoms in total. The Morgan fingerprint density at radius 2 is 2.12 bits per heavy atom. The number of rotatable bonds is 6. The van der Waals surface area contributed by atoms with Crippen molar-refractivity contribution in [1.29, 1.82) is 0 Å². The van der Waals surface area contributed by atoms with Crippen LogP contribution in [0.15, 0.2) is 36.5 Å². The van der Waals surface area contributed by atoms with Crippen LogP contribution in [-0.4, -0.2) is 34.9 Å². The van der Waals surface area contributed by atoms with Crippen LogP contribution in [-0.2, 0) is 4.79 Å². The van der Waals surface area contributed by atoms with E-state index in [1.165, 1.54) is 0 Å². The van der Waals surface area contributed by atoms with Gasteiger partial charge in [-0.05, 0) is 48.2 Å². The summed E-state index contributed by atoms with van der Waals surface area (Å²) in [5, 5.41) is 0.261. The minimum absolute atomic E-state index is 0.120. The van der Waals surface area contributed by atoms with Crippen molar-refractivity contribution in [3.63, 3.8) is 0 Å². The van der Waals surface area contributed by atoms with E-state index in [1.807, 2.05) is 30.3 Å². The number of ether oxygens (including phenoxy) is 1. The van der Waals surface area contributed by atoms with Gasteiger partial charge in [-0.15, -0.1) is 0 Å². The normalized spacial score (nSPS) is 18.2. The molecule has 1 saturated heterocycles. The van der Waals surface area contributed by atoms with E-state index in [4.69, 9.17) is 16.3 Å². The zero-order valence-corrected chi connectivity index (χ0v) is 15.2.